The molecule has 1 amide bonds. The summed E-state index contributed by atoms with van der Waals surface area (Å²) < 4.78 is 2.04. The zero-order chi connectivity index (χ0) is 17.8. The maximum Gasteiger partial charge on any atom is 0.274 e. The van der Waals surface area contributed by atoms with Crippen molar-refractivity contribution in [3.8, 4) is 5.69 Å². The number of aromatic nitrogens is 2. The molecule has 26 heavy (non-hydrogen) atoms. The summed E-state index contributed by atoms with van der Waals surface area (Å²) in [5.74, 6) is 1.38. The highest BCUT2D eigenvalue weighted by Gasteiger charge is 2.40. The van der Waals surface area contributed by atoms with E-state index in [4.69, 9.17) is 5.10 Å². The number of likely N-dealkylation sites (tertiary alicyclic amines) is 1. The summed E-state index contributed by atoms with van der Waals surface area (Å²) in [7, 11) is 0. The minimum atomic E-state index is 0.140. The first-order valence-electron chi connectivity index (χ1n) is 9.80. The van der Waals surface area contributed by atoms with Gasteiger partial charge in [-0.3, -0.25) is 4.79 Å². The van der Waals surface area contributed by atoms with Crippen LogP contribution in [0.25, 0.3) is 5.69 Å². The molecule has 136 valence electrons. The van der Waals surface area contributed by atoms with Gasteiger partial charge in [-0.1, -0.05) is 17.7 Å². The first-order valence-corrected chi connectivity index (χ1v) is 9.80. The molecule has 2 saturated heterocycles. The lowest BCUT2D eigenvalue weighted by Crippen LogP contribution is -2.32. The van der Waals surface area contributed by atoms with Crippen LogP contribution in [0.1, 0.15) is 39.3 Å². The Balaban J connectivity index is 1.51. The van der Waals surface area contributed by atoms with Crippen LogP contribution in [0.2, 0.25) is 0 Å². The number of amides is 1. The lowest BCUT2D eigenvalue weighted by atomic mass is 10.0. The Kier molecular flexibility index (Phi) is 3.67. The van der Waals surface area contributed by atoms with Gasteiger partial charge in [-0.25, -0.2) is 4.68 Å². The molecule has 0 bridgehead atoms. The highest BCUT2D eigenvalue weighted by atomic mass is 16.2. The third-order valence-corrected chi connectivity index (χ3v) is 6.39. The van der Waals surface area contributed by atoms with Crippen LogP contribution in [0.15, 0.2) is 18.2 Å². The van der Waals surface area contributed by atoms with Gasteiger partial charge in [0.25, 0.3) is 5.91 Å². The van der Waals surface area contributed by atoms with Gasteiger partial charge in [-0.2, -0.15) is 5.10 Å². The SMILES string of the molecule is Cc1ccc(-n2nc(C(=O)N3C[C@H]4CNC[C@H]4C3)c3c2CCC3)c(C)c1. The smallest absolute Gasteiger partial charge is 0.274 e. The van der Waals surface area contributed by atoms with Crippen molar-refractivity contribution in [2.45, 2.75) is 33.1 Å². The maximum absolute atomic E-state index is 13.3. The Morgan fingerprint density at radius 2 is 1.92 bits per heavy atom. The second-order valence-corrected chi connectivity index (χ2v) is 8.22. The van der Waals surface area contributed by atoms with Gasteiger partial charge in [0.1, 0.15) is 0 Å². The molecule has 2 aromatic rings. The third-order valence-electron chi connectivity index (χ3n) is 6.39. The predicted octanol–water partition coefficient (Wildman–Crippen LogP) is 2.27. The normalized spacial score (nSPS) is 24.2. The summed E-state index contributed by atoms with van der Waals surface area (Å²) in [6, 6.07) is 6.45. The fourth-order valence-electron chi connectivity index (χ4n) is 5.02. The number of carbonyl (C=O) groups is 1. The lowest BCUT2D eigenvalue weighted by Gasteiger charge is -2.16. The van der Waals surface area contributed by atoms with Gasteiger partial charge in [-0.05, 0) is 56.6 Å². The molecule has 0 saturated carbocycles. The van der Waals surface area contributed by atoms with E-state index >= 15 is 0 Å². The Labute approximate surface area is 154 Å². The highest BCUT2D eigenvalue weighted by molar-refractivity contribution is 5.94. The average Bonchev–Trinajstić information content (AvgIpc) is 3.35. The van der Waals surface area contributed by atoms with E-state index in [1.165, 1.54) is 22.4 Å². The van der Waals surface area contributed by atoms with Crippen LogP contribution < -0.4 is 5.32 Å². The first kappa shape index (κ1) is 16.1. The van der Waals surface area contributed by atoms with E-state index in [0.717, 1.165) is 51.1 Å². The number of nitrogens with one attached hydrogen (secondary N) is 1. The van der Waals surface area contributed by atoms with E-state index in [1.54, 1.807) is 0 Å². The molecular formula is C21H26N4O. The highest BCUT2D eigenvalue weighted by Crippen LogP contribution is 2.32. The number of hydrogen-bond acceptors (Lipinski definition) is 3. The van der Waals surface area contributed by atoms with Crippen molar-refractivity contribution in [3.05, 3.63) is 46.3 Å². The van der Waals surface area contributed by atoms with Crippen molar-refractivity contribution in [2.75, 3.05) is 26.2 Å². The molecule has 3 aliphatic rings. The number of fused-ring (bicyclic) bond motifs is 2. The van der Waals surface area contributed by atoms with Crippen LogP contribution in [-0.2, 0) is 12.8 Å². The lowest BCUT2D eigenvalue weighted by molar-refractivity contribution is 0.0774. The summed E-state index contributed by atoms with van der Waals surface area (Å²) in [5, 5.41) is 8.28. The molecule has 5 heteroatoms. The van der Waals surface area contributed by atoms with E-state index in [1.807, 2.05) is 9.58 Å². The number of nitrogens with zero attached hydrogens (tertiary/aromatic N) is 3. The fourth-order valence-corrected chi connectivity index (χ4v) is 5.02. The van der Waals surface area contributed by atoms with Crippen LogP contribution in [0.4, 0.5) is 0 Å². The number of benzene rings is 1. The minimum absolute atomic E-state index is 0.140. The quantitative estimate of drug-likeness (QED) is 0.904. The van der Waals surface area contributed by atoms with Gasteiger partial charge < -0.3 is 10.2 Å². The van der Waals surface area contributed by atoms with Gasteiger partial charge in [0.05, 0.1) is 5.69 Å². The molecule has 3 heterocycles. The summed E-state index contributed by atoms with van der Waals surface area (Å²) in [6.45, 7) is 8.08. The molecular weight excluding hydrogens is 324 g/mol. The van der Waals surface area contributed by atoms with Crippen LogP contribution in [0, 0.1) is 25.7 Å². The van der Waals surface area contributed by atoms with Gasteiger partial charge in [0.15, 0.2) is 5.69 Å². The summed E-state index contributed by atoms with van der Waals surface area (Å²) in [6.07, 6.45) is 3.11. The molecule has 1 aromatic heterocycles. The molecule has 5 nitrogen and oxygen atoms in total. The monoisotopic (exact) mass is 350 g/mol. The van der Waals surface area contributed by atoms with Gasteiger partial charge >= 0.3 is 0 Å². The molecule has 1 N–H and O–H groups in total. The van der Waals surface area contributed by atoms with Crippen molar-refractivity contribution in [1.29, 1.82) is 0 Å². The molecule has 0 unspecified atom stereocenters. The summed E-state index contributed by atoms with van der Waals surface area (Å²) in [5.41, 5.74) is 6.69. The molecule has 1 aliphatic carbocycles. The number of rotatable bonds is 2. The van der Waals surface area contributed by atoms with Gasteiger partial charge in [-0.15, -0.1) is 0 Å². The molecule has 5 rings (SSSR count). The predicted molar refractivity (Wildman–Crippen MR) is 101 cm³/mol. The Morgan fingerprint density at radius 3 is 2.65 bits per heavy atom. The largest absolute Gasteiger partial charge is 0.337 e. The topological polar surface area (TPSA) is 50.2 Å². The van der Waals surface area contributed by atoms with Crippen LogP contribution in [0.3, 0.4) is 0 Å². The summed E-state index contributed by atoms with van der Waals surface area (Å²) in [4.78, 5) is 15.3. The third kappa shape index (κ3) is 2.41. The van der Waals surface area contributed by atoms with Gasteiger partial charge in [0, 0.05) is 37.4 Å². The summed E-state index contributed by atoms with van der Waals surface area (Å²) >= 11 is 0. The van der Waals surface area contributed by atoms with Crippen LogP contribution in [0.5, 0.6) is 0 Å². The van der Waals surface area contributed by atoms with E-state index in [-0.39, 0.29) is 5.91 Å². The Hall–Kier alpha value is -2.14. The van der Waals surface area contributed by atoms with Crippen LogP contribution in [-0.4, -0.2) is 46.8 Å². The van der Waals surface area contributed by atoms with Crippen molar-refractivity contribution >= 4 is 5.91 Å². The first-order chi connectivity index (χ1) is 12.6. The zero-order valence-electron chi connectivity index (χ0n) is 15.6. The number of hydrogen-bond donors (Lipinski definition) is 1. The van der Waals surface area contributed by atoms with E-state index < -0.39 is 0 Å². The second-order valence-electron chi connectivity index (χ2n) is 8.22. The number of aryl methyl sites for hydroxylation is 2. The molecule has 0 spiro atoms. The van der Waals surface area contributed by atoms with E-state index in [2.05, 4.69) is 37.4 Å². The Morgan fingerprint density at radius 1 is 1.15 bits per heavy atom. The zero-order valence-corrected chi connectivity index (χ0v) is 15.6. The van der Waals surface area contributed by atoms with Crippen molar-refractivity contribution in [3.63, 3.8) is 0 Å². The molecule has 1 aromatic carbocycles. The average molecular weight is 350 g/mol. The minimum Gasteiger partial charge on any atom is -0.337 e. The molecule has 2 aliphatic heterocycles. The van der Waals surface area contributed by atoms with E-state index in [9.17, 15) is 4.79 Å². The number of carbonyl (C=O) groups excluding carboxylic acids is 1. The maximum atomic E-state index is 13.3. The van der Waals surface area contributed by atoms with Crippen molar-refractivity contribution in [2.24, 2.45) is 11.8 Å². The Bertz CT molecular complexity index is 872. The van der Waals surface area contributed by atoms with Crippen LogP contribution >= 0.6 is 0 Å². The van der Waals surface area contributed by atoms with Crippen molar-refractivity contribution in [1.82, 2.24) is 20.0 Å². The molecule has 2 fully saturated rings. The van der Waals surface area contributed by atoms with Gasteiger partial charge in [0.2, 0.25) is 0 Å². The second kappa shape index (κ2) is 5.95. The standard InChI is InChI=1S/C21H26N4O/c1-13-6-7-18(14(2)8-13)25-19-5-3-4-17(19)20(23-25)21(26)24-11-15-9-22-10-16(15)12-24/h6-8,15-16,22H,3-5,9-12H2,1-2H3/t15-,16+. The van der Waals surface area contributed by atoms with Crippen molar-refractivity contribution < 1.29 is 4.79 Å². The molecule has 0 radical (unpaired) electrons. The fraction of sp³-hybridized carbons (Fsp3) is 0.524. The van der Waals surface area contributed by atoms with E-state index in [0.29, 0.717) is 17.5 Å². The molecule has 2 atom stereocenters.